The molecule has 2 unspecified atom stereocenters. The smallest absolute Gasteiger partial charge is 0.133 e. The number of hydrogen-bond acceptors (Lipinski definition) is 5. The third-order valence-electron chi connectivity index (χ3n) is 2.90. The summed E-state index contributed by atoms with van der Waals surface area (Å²) < 4.78 is 0. The quantitative estimate of drug-likeness (QED) is 0.623. The highest BCUT2D eigenvalue weighted by atomic mass is 32.2. The molecule has 88 valence electrons. The van der Waals surface area contributed by atoms with Gasteiger partial charge in [0.15, 0.2) is 0 Å². The maximum absolute atomic E-state index is 4.37. The second-order valence-corrected chi connectivity index (χ2v) is 5.06. The molecule has 1 aromatic heterocycles. The van der Waals surface area contributed by atoms with Crippen LogP contribution in [0.2, 0.25) is 0 Å². The molecule has 16 heavy (non-hydrogen) atoms. The Morgan fingerprint density at radius 3 is 3.00 bits per heavy atom. The van der Waals surface area contributed by atoms with Gasteiger partial charge in [-0.1, -0.05) is 0 Å². The molecule has 2 heterocycles. The fraction of sp³-hybridized carbons (Fsp3) is 0.636. The molecule has 1 saturated heterocycles. The fourth-order valence-corrected chi connectivity index (χ4v) is 2.32. The molecule has 0 aromatic carbocycles. The Hall–Kier alpha value is -0.810. The molecule has 1 aromatic rings. The average molecular weight is 238 g/mol. The van der Waals surface area contributed by atoms with Crippen molar-refractivity contribution < 1.29 is 0 Å². The molecular weight excluding hydrogens is 220 g/mol. The van der Waals surface area contributed by atoms with E-state index in [2.05, 4.69) is 40.1 Å². The molecular formula is C11H18N4S. The number of aromatic nitrogens is 2. The Morgan fingerprint density at radius 2 is 2.25 bits per heavy atom. The van der Waals surface area contributed by atoms with Crippen molar-refractivity contribution in [3.8, 4) is 0 Å². The highest BCUT2D eigenvalue weighted by molar-refractivity contribution is 7.98. The Morgan fingerprint density at radius 1 is 1.44 bits per heavy atom. The van der Waals surface area contributed by atoms with Crippen molar-refractivity contribution in [2.75, 3.05) is 24.2 Å². The van der Waals surface area contributed by atoms with Crippen molar-refractivity contribution in [3.63, 3.8) is 0 Å². The second kappa shape index (κ2) is 5.01. The van der Waals surface area contributed by atoms with Crippen LogP contribution >= 0.6 is 11.8 Å². The van der Waals surface area contributed by atoms with Gasteiger partial charge in [-0.3, -0.25) is 0 Å². The lowest BCUT2D eigenvalue weighted by atomic mass is 10.1. The largest absolute Gasteiger partial charge is 0.351 e. The fourth-order valence-electron chi connectivity index (χ4n) is 1.94. The molecule has 2 rings (SSSR count). The van der Waals surface area contributed by atoms with Crippen molar-refractivity contribution in [1.82, 2.24) is 15.3 Å². The van der Waals surface area contributed by atoms with E-state index in [1.165, 1.54) is 0 Å². The van der Waals surface area contributed by atoms with Gasteiger partial charge in [0.1, 0.15) is 17.2 Å². The summed E-state index contributed by atoms with van der Waals surface area (Å²) in [5, 5.41) is 4.50. The van der Waals surface area contributed by atoms with E-state index in [9.17, 15) is 0 Å². The summed E-state index contributed by atoms with van der Waals surface area (Å²) in [4.78, 5) is 10.9. The van der Waals surface area contributed by atoms with Gasteiger partial charge in [-0.15, -0.1) is 11.8 Å². The number of nitrogens with one attached hydrogen (secondary N) is 1. The first-order valence-corrected chi connectivity index (χ1v) is 6.79. The average Bonchev–Trinajstić information content (AvgIpc) is 2.32. The van der Waals surface area contributed by atoms with Gasteiger partial charge < -0.3 is 10.2 Å². The SMILES string of the molecule is CSc1cc(N2CC(C)NCC2C)ncn1. The van der Waals surface area contributed by atoms with Gasteiger partial charge in [0.2, 0.25) is 0 Å². The molecule has 1 aliphatic rings. The van der Waals surface area contributed by atoms with E-state index < -0.39 is 0 Å². The predicted octanol–water partition coefficient (Wildman–Crippen LogP) is 1.39. The van der Waals surface area contributed by atoms with E-state index in [1.807, 2.05) is 6.26 Å². The van der Waals surface area contributed by atoms with Gasteiger partial charge in [0.25, 0.3) is 0 Å². The van der Waals surface area contributed by atoms with Crippen LogP contribution in [0.25, 0.3) is 0 Å². The predicted molar refractivity (Wildman–Crippen MR) is 68.1 cm³/mol. The van der Waals surface area contributed by atoms with Crippen molar-refractivity contribution in [2.24, 2.45) is 0 Å². The van der Waals surface area contributed by atoms with E-state index in [0.717, 1.165) is 23.9 Å². The van der Waals surface area contributed by atoms with Gasteiger partial charge in [-0.05, 0) is 20.1 Å². The summed E-state index contributed by atoms with van der Waals surface area (Å²) in [5.41, 5.74) is 0. The van der Waals surface area contributed by atoms with Crippen LogP contribution in [0, 0.1) is 0 Å². The lowest BCUT2D eigenvalue weighted by molar-refractivity contribution is 0.422. The van der Waals surface area contributed by atoms with E-state index in [0.29, 0.717) is 12.1 Å². The zero-order valence-electron chi connectivity index (χ0n) is 9.97. The maximum Gasteiger partial charge on any atom is 0.133 e. The number of nitrogens with zero attached hydrogens (tertiary/aromatic N) is 3. The van der Waals surface area contributed by atoms with Crippen molar-refractivity contribution in [3.05, 3.63) is 12.4 Å². The number of rotatable bonds is 2. The number of anilines is 1. The molecule has 5 heteroatoms. The molecule has 0 amide bonds. The summed E-state index contributed by atoms with van der Waals surface area (Å²) in [7, 11) is 0. The molecule has 1 N–H and O–H groups in total. The van der Waals surface area contributed by atoms with Crippen LogP contribution < -0.4 is 10.2 Å². The minimum Gasteiger partial charge on any atom is -0.351 e. The van der Waals surface area contributed by atoms with Gasteiger partial charge in [-0.25, -0.2) is 9.97 Å². The molecule has 0 spiro atoms. The van der Waals surface area contributed by atoms with Crippen LogP contribution in [-0.2, 0) is 0 Å². The minimum atomic E-state index is 0.487. The third kappa shape index (κ3) is 2.47. The zero-order chi connectivity index (χ0) is 11.5. The highest BCUT2D eigenvalue weighted by Crippen LogP contribution is 2.20. The molecule has 0 aliphatic carbocycles. The van der Waals surface area contributed by atoms with Crippen molar-refractivity contribution in [1.29, 1.82) is 0 Å². The minimum absolute atomic E-state index is 0.487. The molecule has 0 bridgehead atoms. The lowest BCUT2D eigenvalue weighted by Gasteiger charge is -2.38. The van der Waals surface area contributed by atoms with E-state index in [-0.39, 0.29) is 0 Å². The van der Waals surface area contributed by atoms with Crippen LogP contribution in [-0.4, -0.2) is 41.4 Å². The summed E-state index contributed by atoms with van der Waals surface area (Å²) in [5.74, 6) is 1.04. The molecule has 4 nitrogen and oxygen atoms in total. The summed E-state index contributed by atoms with van der Waals surface area (Å²) >= 11 is 1.66. The molecule has 1 aliphatic heterocycles. The van der Waals surface area contributed by atoms with Gasteiger partial charge in [0, 0.05) is 31.2 Å². The van der Waals surface area contributed by atoms with Crippen LogP contribution in [0.1, 0.15) is 13.8 Å². The molecule has 1 fully saturated rings. The Kier molecular flexibility index (Phi) is 3.66. The van der Waals surface area contributed by atoms with E-state index in [1.54, 1.807) is 18.1 Å². The third-order valence-corrected chi connectivity index (χ3v) is 3.54. The van der Waals surface area contributed by atoms with E-state index >= 15 is 0 Å². The van der Waals surface area contributed by atoms with Crippen LogP contribution in [0.4, 0.5) is 5.82 Å². The monoisotopic (exact) mass is 238 g/mol. The molecule has 0 saturated carbocycles. The van der Waals surface area contributed by atoms with Crippen molar-refractivity contribution in [2.45, 2.75) is 31.0 Å². The normalized spacial score (nSPS) is 25.8. The van der Waals surface area contributed by atoms with Gasteiger partial charge in [-0.2, -0.15) is 0 Å². The Labute approximate surface area is 101 Å². The number of hydrogen-bond donors (Lipinski definition) is 1. The first-order chi connectivity index (χ1) is 7.70. The second-order valence-electron chi connectivity index (χ2n) is 4.23. The highest BCUT2D eigenvalue weighted by Gasteiger charge is 2.23. The molecule has 2 atom stereocenters. The molecule has 0 radical (unpaired) electrons. The van der Waals surface area contributed by atoms with Crippen LogP contribution in [0.3, 0.4) is 0 Å². The van der Waals surface area contributed by atoms with E-state index in [4.69, 9.17) is 0 Å². The first-order valence-electron chi connectivity index (χ1n) is 5.56. The standard InChI is InChI=1S/C11H18N4S/c1-8-6-15(9(2)5-12-8)10-4-11(16-3)14-7-13-10/h4,7-9,12H,5-6H2,1-3H3. The Bertz CT molecular complexity index is 358. The zero-order valence-corrected chi connectivity index (χ0v) is 10.8. The topological polar surface area (TPSA) is 41.0 Å². The summed E-state index contributed by atoms with van der Waals surface area (Å²) in [6, 6.07) is 3.07. The Balaban J connectivity index is 2.20. The number of thioether (sulfide) groups is 1. The maximum atomic E-state index is 4.37. The number of piperazine rings is 1. The van der Waals surface area contributed by atoms with Gasteiger partial charge in [0.05, 0.1) is 0 Å². The first kappa shape index (κ1) is 11.7. The van der Waals surface area contributed by atoms with Crippen LogP contribution in [0.5, 0.6) is 0 Å². The lowest BCUT2D eigenvalue weighted by Crippen LogP contribution is -2.54. The van der Waals surface area contributed by atoms with Crippen molar-refractivity contribution >= 4 is 17.6 Å². The summed E-state index contributed by atoms with van der Waals surface area (Å²) in [6.07, 6.45) is 3.69. The summed E-state index contributed by atoms with van der Waals surface area (Å²) in [6.45, 7) is 6.45. The van der Waals surface area contributed by atoms with Crippen LogP contribution in [0.15, 0.2) is 17.4 Å². The van der Waals surface area contributed by atoms with Gasteiger partial charge >= 0.3 is 0 Å².